The van der Waals surface area contributed by atoms with E-state index in [4.69, 9.17) is 5.73 Å². The highest BCUT2D eigenvalue weighted by Gasteiger charge is 2.34. The van der Waals surface area contributed by atoms with Crippen LogP contribution in [0.25, 0.3) is 0 Å². The van der Waals surface area contributed by atoms with Gasteiger partial charge >= 0.3 is 0 Å². The number of aromatic nitrogens is 1. The molecule has 2 N–H and O–H groups in total. The third-order valence-corrected chi connectivity index (χ3v) is 2.40. The van der Waals surface area contributed by atoms with Crippen molar-refractivity contribution in [3.05, 3.63) is 29.8 Å². The summed E-state index contributed by atoms with van der Waals surface area (Å²) in [5.41, 5.74) is 3.87. The number of pyridine rings is 1. The van der Waals surface area contributed by atoms with Gasteiger partial charge in [0.25, 0.3) is 0 Å². The van der Waals surface area contributed by atoms with E-state index in [2.05, 4.69) is 4.98 Å². The Hall–Kier alpha value is -1.03. The lowest BCUT2D eigenvalue weighted by atomic mass is 9.86. The summed E-state index contributed by atoms with van der Waals surface area (Å²) >= 11 is 0. The molecule has 0 radical (unpaired) electrons. The Labute approximate surface area is 82.1 Å². The van der Waals surface area contributed by atoms with Crippen molar-refractivity contribution in [1.29, 1.82) is 0 Å². The first kappa shape index (κ1) is 11.0. The van der Waals surface area contributed by atoms with Crippen LogP contribution >= 0.6 is 0 Å². The Morgan fingerprint density at radius 1 is 1.50 bits per heavy atom. The van der Waals surface area contributed by atoms with Crippen molar-refractivity contribution in [3.63, 3.8) is 0 Å². The van der Waals surface area contributed by atoms with Crippen LogP contribution in [0.5, 0.6) is 0 Å². The molecule has 0 aliphatic heterocycles. The second-order valence-corrected chi connectivity index (χ2v) is 3.61. The smallest absolute Gasteiger partial charge is 0.151 e. The zero-order valence-corrected chi connectivity index (χ0v) is 8.30. The minimum Gasteiger partial charge on any atom is -0.327 e. The van der Waals surface area contributed by atoms with Gasteiger partial charge in [-0.25, -0.2) is 8.78 Å². The predicted octanol–water partition coefficient (Wildman–Crippen LogP) is 2.00. The van der Waals surface area contributed by atoms with Crippen LogP contribution in [-0.4, -0.2) is 11.5 Å². The standard InChI is InChI=1S/C10H14F2N2/c1-7(2)10(12,6-13)8-3-9(11)5-14-4-8/h3-5,7H,6,13H2,1-2H3. The summed E-state index contributed by atoms with van der Waals surface area (Å²) < 4.78 is 27.1. The molecule has 0 bridgehead atoms. The fourth-order valence-corrected chi connectivity index (χ4v) is 1.33. The summed E-state index contributed by atoms with van der Waals surface area (Å²) in [6, 6.07) is 1.14. The van der Waals surface area contributed by atoms with Gasteiger partial charge in [-0.05, 0) is 12.0 Å². The van der Waals surface area contributed by atoms with Crippen molar-refractivity contribution in [2.75, 3.05) is 6.54 Å². The van der Waals surface area contributed by atoms with Gasteiger partial charge in [0.1, 0.15) is 5.82 Å². The molecule has 1 aromatic rings. The summed E-state index contributed by atoms with van der Waals surface area (Å²) in [5, 5.41) is 0. The van der Waals surface area contributed by atoms with Crippen molar-refractivity contribution in [2.45, 2.75) is 19.5 Å². The Kier molecular flexibility index (Phi) is 3.16. The van der Waals surface area contributed by atoms with Crippen LogP contribution < -0.4 is 5.73 Å². The second kappa shape index (κ2) is 4.00. The number of hydrogen-bond acceptors (Lipinski definition) is 2. The molecule has 1 heterocycles. The van der Waals surface area contributed by atoms with Crippen LogP contribution in [-0.2, 0) is 5.67 Å². The number of halogens is 2. The number of nitrogens with zero attached hydrogens (tertiary/aromatic N) is 1. The van der Waals surface area contributed by atoms with Gasteiger partial charge in [0.05, 0.1) is 6.20 Å². The van der Waals surface area contributed by atoms with Crippen molar-refractivity contribution in [3.8, 4) is 0 Å². The highest BCUT2D eigenvalue weighted by Crippen LogP contribution is 2.32. The molecule has 2 nitrogen and oxygen atoms in total. The van der Waals surface area contributed by atoms with E-state index in [1.165, 1.54) is 6.20 Å². The Bertz CT molecular complexity index is 315. The van der Waals surface area contributed by atoms with Crippen molar-refractivity contribution >= 4 is 0 Å². The predicted molar refractivity (Wildman–Crippen MR) is 50.9 cm³/mol. The van der Waals surface area contributed by atoms with Crippen LogP contribution in [0.4, 0.5) is 8.78 Å². The molecule has 0 fully saturated rings. The van der Waals surface area contributed by atoms with Gasteiger partial charge in [-0.2, -0.15) is 0 Å². The third kappa shape index (κ3) is 1.90. The summed E-state index contributed by atoms with van der Waals surface area (Å²) in [5.74, 6) is -0.852. The quantitative estimate of drug-likeness (QED) is 0.810. The van der Waals surface area contributed by atoms with E-state index >= 15 is 0 Å². The second-order valence-electron chi connectivity index (χ2n) is 3.61. The maximum atomic E-state index is 14.2. The minimum absolute atomic E-state index is 0.171. The largest absolute Gasteiger partial charge is 0.327 e. The number of nitrogens with two attached hydrogens (primary N) is 1. The van der Waals surface area contributed by atoms with E-state index in [9.17, 15) is 8.78 Å². The van der Waals surface area contributed by atoms with Crippen LogP contribution in [0.3, 0.4) is 0 Å². The van der Waals surface area contributed by atoms with Gasteiger partial charge in [-0.15, -0.1) is 0 Å². The van der Waals surface area contributed by atoms with E-state index in [0.717, 1.165) is 12.3 Å². The highest BCUT2D eigenvalue weighted by atomic mass is 19.1. The first-order valence-electron chi connectivity index (χ1n) is 4.50. The molecule has 0 aromatic carbocycles. The first-order valence-corrected chi connectivity index (χ1v) is 4.50. The van der Waals surface area contributed by atoms with Crippen LogP contribution in [0.1, 0.15) is 19.4 Å². The van der Waals surface area contributed by atoms with Crippen molar-refractivity contribution < 1.29 is 8.78 Å². The maximum absolute atomic E-state index is 14.2. The van der Waals surface area contributed by atoms with E-state index in [1.54, 1.807) is 13.8 Å². The number of alkyl halides is 1. The van der Waals surface area contributed by atoms with Gasteiger partial charge in [0.15, 0.2) is 5.67 Å². The van der Waals surface area contributed by atoms with Gasteiger partial charge in [-0.1, -0.05) is 13.8 Å². The third-order valence-electron chi connectivity index (χ3n) is 2.40. The van der Waals surface area contributed by atoms with Crippen LogP contribution in [0.2, 0.25) is 0 Å². The zero-order chi connectivity index (χ0) is 10.8. The van der Waals surface area contributed by atoms with E-state index < -0.39 is 11.5 Å². The van der Waals surface area contributed by atoms with E-state index in [-0.39, 0.29) is 18.0 Å². The average Bonchev–Trinajstić information content (AvgIpc) is 2.16. The Morgan fingerprint density at radius 3 is 2.57 bits per heavy atom. The van der Waals surface area contributed by atoms with Gasteiger partial charge in [0, 0.05) is 18.3 Å². The fraction of sp³-hybridized carbons (Fsp3) is 0.500. The van der Waals surface area contributed by atoms with Crippen molar-refractivity contribution in [1.82, 2.24) is 4.98 Å². The first-order chi connectivity index (χ1) is 6.50. The fourth-order valence-electron chi connectivity index (χ4n) is 1.33. The summed E-state index contributed by atoms with van der Waals surface area (Å²) in [6.45, 7) is 3.24. The lowest BCUT2D eigenvalue weighted by Crippen LogP contribution is -2.35. The molecule has 14 heavy (non-hydrogen) atoms. The molecule has 1 atom stereocenters. The van der Waals surface area contributed by atoms with E-state index in [0.29, 0.717) is 0 Å². The topological polar surface area (TPSA) is 38.9 Å². The molecule has 78 valence electrons. The molecule has 0 saturated heterocycles. The summed E-state index contributed by atoms with van der Waals surface area (Å²) in [4.78, 5) is 3.61. The molecule has 0 aliphatic carbocycles. The van der Waals surface area contributed by atoms with Gasteiger partial charge in [-0.3, -0.25) is 4.98 Å². The molecule has 4 heteroatoms. The minimum atomic E-state index is -1.70. The normalized spacial score (nSPS) is 15.6. The summed E-state index contributed by atoms with van der Waals surface area (Å²) in [7, 11) is 0. The monoisotopic (exact) mass is 200 g/mol. The molecule has 1 rings (SSSR count). The Morgan fingerprint density at radius 2 is 2.14 bits per heavy atom. The molecular weight excluding hydrogens is 186 g/mol. The SMILES string of the molecule is CC(C)C(F)(CN)c1cncc(F)c1. The maximum Gasteiger partial charge on any atom is 0.151 e. The van der Waals surface area contributed by atoms with E-state index in [1.807, 2.05) is 0 Å². The van der Waals surface area contributed by atoms with Crippen LogP contribution in [0.15, 0.2) is 18.5 Å². The Balaban J connectivity index is 3.12. The number of rotatable bonds is 3. The molecule has 0 aliphatic rings. The molecule has 0 saturated carbocycles. The molecule has 1 unspecified atom stereocenters. The van der Waals surface area contributed by atoms with Crippen LogP contribution in [0, 0.1) is 11.7 Å². The lowest BCUT2D eigenvalue weighted by Gasteiger charge is -2.27. The lowest BCUT2D eigenvalue weighted by molar-refractivity contribution is 0.108. The highest BCUT2D eigenvalue weighted by molar-refractivity contribution is 5.20. The molecule has 0 amide bonds. The molecule has 1 aromatic heterocycles. The summed E-state index contributed by atoms with van der Waals surface area (Å²) in [6.07, 6.45) is 2.36. The van der Waals surface area contributed by atoms with Gasteiger partial charge in [0.2, 0.25) is 0 Å². The zero-order valence-electron chi connectivity index (χ0n) is 8.30. The average molecular weight is 200 g/mol. The van der Waals surface area contributed by atoms with Crippen molar-refractivity contribution in [2.24, 2.45) is 11.7 Å². The molecule has 0 spiro atoms. The molecular formula is C10H14F2N2. The number of hydrogen-bond donors (Lipinski definition) is 1. The van der Waals surface area contributed by atoms with Gasteiger partial charge < -0.3 is 5.73 Å².